The maximum Gasteiger partial charge on any atom is 0.338 e. The lowest BCUT2D eigenvalue weighted by Gasteiger charge is -2.40. The molecule has 0 spiro atoms. The van der Waals surface area contributed by atoms with Gasteiger partial charge >= 0.3 is 5.97 Å². The third-order valence-electron chi connectivity index (χ3n) is 8.59. The number of rotatable bonds is 8. The topological polar surface area (TPSA) is 36.0 Å². The number of thiophene rings is 2. The van der Waals surface area contributed by atoms with Crippen LogP contribution >= 0.6 is 38.6 Å². The Morgan fingerprint density at radius 2 is 1.29 bits per heavy atom. The molecule has 1 saturated carbocycles. The molecule has 3 unspecified atom stereocenters. The number of esters is 1. The molecule has 0 amide bonds. The van der Waals surface area contributed by atoms with Crippen molar-refractivity contribution in [3.63, 3.8) is 0 Å². The lowest BCUT2D eigenvalue weighted by atomic mass is 9.91. The van der Waals surface area contributed by atoms with E-state index in [2.05, 4.69) is 127 Å². The highest BCUT2D eigenvalue weighted by Crippen LogP contribution is 2.38. The van der Waals surface area contributed by atoms with Gasteiger partial charge in [-0.15, -0.1) is 22.7 Å². The van der Waals surface area contributed by atoms with Crippen LogP contribution in [0.2, 0.25) is 0 Å². The van der Waals surface area contributed by atoms with Gasteiger partial charge in [-0.2, -0.15) is 0 Å². The molecule has 3 heterocycles. The van der Waals surface area contributed by atoms with E-state index in [1.807, 2.05) is 31.3 Å². The Morgan fingerprint density at radius 3 is 1.78 bits per heavy atom. The number of nitrogens with zero attached hydrogens (tertiary/aromatic N) is 3. The van der Waals surface area contributed by atoms with Gasteiger partial charge in [0.2, 0.25) is 0 Å². The Balaban J connectivity index is 1.14. The van der Waals surface area contributed by atoms with Gasteiger partial charge in [0.25, 0.3) is 0 Å². The highest BCUT2D eigenvalue weighted by atomic mass is 79.9. The van der Waals surface area contributed by atoms with Crippen molar-refractivity contribution in [3.8, 4) is 20.9 Å². The monoisotopic (exact) mass is 695 g/mol. The minimum Gasteiger partial charge on any atom is -0.457 e. The largest absolute Gasteiger partial charge is 0.457 e. The first-order chi connectivity index (χ1) is 22.0. The van der Waals surface area contributed by atoms with E-state index in [0.29, 0.717) is 5.56 Å². The van der Waals surface area contributed by atoms with Gasteiger partial charge in [-0.25, -0.2) is 4.79 Å². The first-order valence-corrected chi connectivity index (χ1v) is 17.9. The van der Waals surface area contributed by atoms with Gasteiger partial charge < -0.3 is 19.4 Å². The Bertz CT molecular complexity index is 1660. The standard InChI is InChI=1S/C37H34BrN3O2S2/c1-39-22-23-40(37(39)38)32-6-2-3-7-33(32)43-36(42)28-14-20-31(21-15-28)41(29-16-10-26(11-17-29)34-8-4-24-44-34)30-18-12-27(13-19-30)35-9-5-25-45-35/h4-5,8-25,32-33,37H,2-3,6-7H2,1H3. The molecular weight excluding hydrogens is 662 g/mol. The summed E-state index contributed by atoms with van der Waals surface area (Å²) in [4.78, 5) is 22.6. The number of benzene rings is 3. The molecule has 228 valence electrons. The first kappa shape index (κ1) is 29.8. The average Bonchev–Trinajstić information content (AvgIpc) is 3.87. The molecule has 2 aromatic heterocycles. The smallest absolute Gasteiger partial charge is 0.338 e. The van der Waals surface area contributed by atoms with Crippen molar-refractivity contribution in [2.24, 2.45) is 0 Å². The number of alkyl halides is 1. The molecule has 7 rings (SSSR count). The highest BCUT2D eigenvalue weighted by molar-refractivity contribution is 9.09. The van der Waals surface area contributed by atoms with E-state index in [9.17, 15) is 4.79 Å². The summed E-state index contributed by atoms with van der Waals surface area (Å²) < 4.78 is 6.19. The number of hydrogen-bond acceptors (Lipinski definition) is 7. The van der Waals surface area contributed by atoms with Gasteiger partial charge in [0.15, 0.2) is 5.08 Å². The predicted octanol–water partition coefficient (Wildman–Crippen LogP) is 10.5. The molecule has 45 heavy (non-hydrogen) atoms. The van der Waals surface area contributed by atoms with E-state index >= 15 is 0 Å². The second-order valence-corrected chi connectivity index (χ2v) is 14.2. The van der Waals surface area contributed by atoms with Crippen LogP contribution < -0.4 is 4.90 Å². The zero-order chi connectivity index (χ0) is 30.8. The van der Waals surface area contributed by atoms with Crippen LogP contribution in [0.5, 0.6) is 0 Å². The average molecular weight is 697 g/mol. The summed E-state index contributed by atoms with van der Waals surface area (Å²) in [6, 6.07) is 33.7. The van der Waals surface area contributed by atoms with Crippen molar-refractivity contribution >= 4 is 61.6 Å². The van der Waals surface area contributed by atoms with Crippen LogP contribution in [0.3, 0.4) is 0 Å². The van der Waals surface area contributed by atoms with Crippen LogP contribution in [-0.4, -0.2) is 40.0 Å². The number of carbonyl (C=O) groups is 1. The van der Waals surface area contributed by atoms with Crippen LogP contribution in [-0.2, 0) is 4.74 Å². The van der Waals surface area contributed by atoms with Crippen molar-refractivity contribution < 1.29 is 9.53 Å². The number of anilines is 3. The first-order valence-electron chi connectivity index (χ1n) is 15.3. The number of hydrogen-bond donors (Lipinski definition) is 0. The molecular formula is C37H34BrN3O2S2. The Kier molecular flexibility index (Phi) is 8.79. The molecule has 8 heteroatoms. The Labute approximate surface area is 281 Å². The molecule has 0 saturated heterocycles. The molecule has 0 N–H and O–H groups in total. The summed E-state index contributed by atoms with van der Waals surface area (Å²) >= 11 is 7.26. The van der Waals surface area contributed by atoms with Crippen molar-refractivity contribution in [1.29, 1.82) is 0 Å². The molecule has 0 radical (unpaired) electrons. The SMILES string of the molecule is CN1C=CN(C2CCCCC2OC(=O)c2ccc(N(c3ccc(-c4cccs4)cc3)c3ccc(-c4cccs4)cc3)cc2)C1Br. The minimum atomic E-state index is -0.270. The second-order valence-electron chi connectivity index (χ2n) is 11.4. The molecule has 2 aliphatic rings. The third-order valence-corrected chi connectivity index (χ3v) is 11.5. The number of carbonyl (C=O) groups excluding carboxylic acids is 1. The van der Waals surface area contributed by atoms with E-state index in [0.717, 1.165) is 42.7 Å². The van der Waals surface area contributed by atoms with Crippen molar-refractivity contribution in [2.75, 3.05) is 11.9 Å². The third kappa shape index (κ3) is 6.32. The minimum absolute atomic E-state index is 0.0748. The fourth-order valence-corrected chi connectivity index (χ4v) is 8.24. The van der Waals surface area contributed by atoms with Crippen LogP contribution in [0.15, 0.2) is 120 Å². The fraction of sp³-hybridized carbons (Fsp3) is 0.216. The van der Waals surface area contributed by atoms with Gasteiger partial charge in [0.05, 0.1) is 11.6 Å². The van der Waals surface area contributed by atoms with Gasteiger partial charge in [0, 0.05) is 46.3 Å². The molecule has 5 nitrogen and oxygen atoms in total. The zero-order valence-electron chi connectivity index (χ0n) is 25.0. The molecule has 5 aromatic rings. The number of ether oxygens (including phenoxy) is 1. The normalized spacial score (nSPS) is 19.6. The molecule has 1 aliphatic carbocycles. The van der Waals surface area contributed by atoms with Crippen LogP contribution in [0.4, 0.5) is 17.1 Å². The van der Waals surface area contributed by atoms with E-state index in [1.165, 1.54) is 20.9 Å². The fourth-order valence-electron chi connectivity index (χ4n) is 6.19. The van der Waals surface area contributed by atoms with E-state index in [4.69, 9.17) is 4.74 Å². The highest BCUT2D eigenvalue weighted by Gasteiger charge is 2.37. The van der Waals surface area contributed by atoms with Crippen molar-refractivity contribution in [3.05, 3.63) is 126 Å². The quantitative estimate of drug-likeness (QED) is 0.0917. The molecule has 1 fully saturated rings. The summed E-state index contributed by atoms with van der Waals surface area (Å²) in [5, 5.41) is 4.28. The summed E-state index contributed by atoms with van der Waals surface area (Å²) in [7, 11) is 2.04. The summed E-state index contributed by atoms with van der Waals surface area (Å²) in [5.74, 6) is -0.270. The molecule has 0 bridgehead atoms. The predicted molar refractivity (Wildman–Crippen MR) is 191 cm³/mol. The van der Waals surface area contributed by atoms with Gasteiger partial charge in [-0.1, -0.05) is 42.8 Å². The van der Waals surface area contributed by atoms with Gasteiger partial charge in [-0.05, 0) is 118 Å². The van der Waals surface area contributed by atoms with E-state index in [1.54, 1.807) is 22.7 Å². The molecule has 3 atom stereocenters. The molecule has 3 aromatic carbocycles. The van der Waals surface area contributed by atoms with Crippen molar-refractivity contribution in [1.82, 2.24) is 9.80 Å². The number of halogens is 1. The second kappa shape index (κ2) is 13.3. The van der Waals surface area contributed by atoms with Gasteiger partial charge in [0.1, 0.15) is 6.10 Å². The lowest BCUT2D eigenvalue weighted by molar-refractivity contribution is -0.0122. The van der Waals surface area contributed by atoms with E-state index < -0.39 is 0 Å². The van der Waals surface area contributed by atoms with Gasteiger partial charge in [-0.3, -0.25) is 0 Å². The molecule has 1 aliphatic heterocycles. The maximum absolute atomic E-state index is 13.4. The maximum atomic E-state index is 13.4. The van der Waals surface area contributed by atoms with Crippen LogP contribution in [0.25, 0.3) is 20.9 Å². The van der Waals surface area contributed by atoms with Crippen LogP contribution in [0, 0.1) is 0 Å². The van der Waals surface area contributed by atoms with E-state index in [-0.39, 0.29) is 23.2 Å². The Hall–Kier alpha value is -3.85. The van der Waals surface area contributed by atoms with Crippen molar-refractivity contribution in [2.45, 2.75) is 42.9 Å². The summed E-state index contributed by atoms with van der Waals surface area (Å²) in [6.07, 6.45) is 8.09. The zero-order valence-corrected chi connectivity index (χ0v) is 28.2. The Morgan fingerprint density at radius 1 is 0.756 bits per heavy atom. The van der Waals surface area contributed by atoms with Crippen LogP contribution in [0.1, 0.15) is 36.0 Å². The summed E-state index contributed by atoms with van der Waals surface area (Å²) in [5.41, 5.74) is 6.03. The lowest BCUT2D eigenvalue weighted by Crippen LogP contribution is -2.48. The summed E-state index contributed by atoms with van der Waals surface area (Å²) in [6.45, 7) is 0.